The smallest absolute Gasteiger partial charge is 0.259 e. The minimum atomic E-state index is -0.302. The molecule has 0 bridgehead atoms. The van der Waals surface area contributed by atoms with Crippen molar-refractivity contribution in [2.24, 2.45) is 0 Å². The Morgan fingerprint density at radius 3 is 2.38 bits per heavy atom. The molecular weight excluding hydrogens is 400 g/mol. The van der Waals surface area contributed by atoms with E-state index in [1.54, 1.807) is 48.5 Å². The number of carbonyl (C=O) groups is 2. The van der Waals surface area contributed by atoms with E-state index in [9.17, 15) is 9.59 Å². The van der Waals surface area contributed by atoms with Crippen molar-refractivity contribution in [2.45, 2.75) is 13.0 Å². The number of fused-ring (bicyclic) bond motifs is 1. The van der Waals surface area contributed by atoms with Crippen LogP contribution in [0.15, 0.2) is 91.0 Å². The number of ether oxygens (including phenoxy) is 1. The highest BCUT2D eigenvalue weighted by atomic mass is 16.5. The summed E-state index contributed by atoms with van der Waals surface area (Å²) in [5.74, 6) is -0.0224. The van der Waals surface area contributed by atoms with Crippen molar-refractivity contribution in [1.29, 1.82) is 0 Å². The maximum Gasteiger partial charge on any atom is 0.259 e. The third-order valence-electron chi connectivity index (χ3n) is 5.37. The first-order chi connectivity index (χ1) is 15.6. The number of hydrogen-bond acceptors (Lipinski definition) is 3. The second-order valence-electron chi connectivity index (χ2n) is 7.50. The average Bonchev–Trinajstić information content (AvgIpc) is 2.83. The number of benzene rings is 4. The van der Waals surface area contributed by atoms with Gasteiger partial charge in [0.1, 0.15) is 5.75 Å². The molecular formula is C27H24N2O3. The summed E-state index contributed by atoms with van der Waals surface area (Å²) in [5.41, 5.74) is 2.48. The maximum atomic E-state index is 12.9. The molecule has 0 unspecified atom stereocenters. The van der Waals surface area contributed by atoms with Crippen LogP contribution in [-0.4, -0.2) is 18.9 Å². The minimum absolute atomic E-state index is 0.180. The van der Waals surface area contributed by atoms with E-state index in [1.165, 1.54) is 7.11 Å². The van der Waals surface area contributed by atoms with Crippen LogP contribution in [0.2, 0.25) is 0 Å². The molecule has 4 rings (SSSR count). The Labute approximate surface area is 187 Å². The fraction of sp³-hybridized carbons (Fsp3) is 0.111. The molecule has 0 fully saturated rings. The molecule has 2 N–H and O–H groups in total. The number of para-hydroxylation sites is 1. The van der Waals surface area contributed by atoms with Crippen molar-refractivity contribution < 1.29 is 14.3 Å². The van der Waals surface area contributed by atoms with Crippen molar-refractivity contribution in [3.8, 4) is 5.75 Å². The monoisotopic (exact) mass is 424 g/mol. The fourth-order valence-corrected chi connectivity index (χ4v) is 3.75. The highest BCUT2D eigenvalue weighted by molar-refractivity contribution is 6.07. The van der Waals surface area contributed by atoms with Gasteiger partial charge in [0.25, 0.3) is 11.8 Å². The Morgan fingerprint density at radius 1 is 0.812 bits per heavy atom. The van der Waals surface area contributed by atoms with Crippen molar-refractivity contribution in [3.63, 3.8) is 0 Å². The molecule has 0 saturated heterocycles. The van der Waals surface area contributed by atoms with Crippen LogP contribution in [0.3, 0.4) is 0 Å². The number of anilines is 1. The Hall–Kier alpha value is -4.12. The first-order valence-corrected chi connectivity index (χ1v) is 10.4. The maximum absolute atomic E-state index is 12.9. The van der Waals surface area contributed by atoms with Crippen molar-refractivity contribution in [3.05, 3.63) is 108 Å². The Morgan fingerprint density at radius 2 is 1.53 bits per heavy atom. The molecule has 4 aromatic carbocycles. The summed E-state index contributed by atoms with van der Waals surface area (Å²) in [6.07, 6.45) is 0. The Kier molecular flexibility index (Phi) is 6.17. The lowest BCUT2D eigenvalue weighted by molar-refractivity contribution is 0.0939. The van der Waals surface area contributed by atoms with Gasteiger partial charge in [-0.15, -0.1) is 0 Å². The molecule has 0 radical (unpaired) electrons. The molecule has 4 aromatic rings. The van der Waals surface area contributed by atoms with Crippen molar-refractivity contribution >= 4 is 28.3 Å². The van der Waals surface area contributed by atoms with Gasteiger partial charge >= 0.3 is 0 Å². The number of carbonyl (C=O) groups excluding carboxylic acids is 2. The lowest BCUT2D eigenvalue weighted by Crippen LogP contribution is -2.27. The van der Waals surface area contributed by atoms with Gasteiger partial charge in [-0.1, -0.05) is 60.7 Å². The fourth-order valence-electron chi connectivity index (χ4n) is 3.75. The largest absolute Gasteiger partial charge is 0.496 e. The minimum Gasteiger partial charge on any atom is -0.496 e. The standard InChI is InChI=1S/C27H24N2O3/c1-18(22-15-8-10-19-9-3-4-13-23(19)22)28-26(30)20-11-7-12-21(17-20)29-27(31)24-14-5-6-16-25(24)32-2/h3-18H,1-2H3,(H,28,30)(H,29,31)/t18-/m1/s1. The summed E-state index contributed by atoms with van der Waals surface area (Å²) >= 11 is 0. The molecule has 0 aliphatic rings. The quantitative estimate of drug-likeness (QED) is 0.424. The van der Waals surface area contributed by atoms with Crippen LogP contribution in [0.1, 0.15) is 39.2 Å². The molecule has 1 atom stereocenters. The molecule has 32 heavy (non-hydrogen) atoms. The van der Waals surface area contributed by atoms with E-state index >= 15 is 0 Å². The molecule has 0 spiro atoms. The molecule has 0 aliphatic heterocycles. The number of nitrogens with one attached hydrogen (secondary N) is 2. The molecule has 5 heteroatoms. The van der Waals surface area contributed by atoms with E-state index in [-0.39, 0.29) is 17.9 Å². The first-order valence-electron chi connectivity index (χ1n) is 10.4. The van der Waals surface area contributed by atoms with Gasteiger partial charge in [-0.25, -0.2) is 0 Å². The third kappa shape index (κ3) is 4.47. The van der Waals surface area contributed by atoms with Gasteiger partial charge in [0, 0.05) is 11.3 Å². The predicted octanol–water partition coefficient (Wildman–Crippen LogP) is 5.59. The normalized spacial score (nSPS) is 11.6. The highest BCUT2D eigenvalue weighted by Crippen LogP contribution is 2.25. The van der Waals surface area contributed by atoms with Crippen LogP contribution in [0, 0.1) is 0 Å². The van der Waals surface area contributed by atoms with E-state index < -0.39 is 0 Å². The third-order valence-corrected chi connectivity index (χ3v) is 5.37. The summed E-state index contributed by atoms with van der Waals surface area (Å²) in [7, 11) is 1.52. The zero-order valence-corrected chi connectivity index (χ0v) is 18.0. The van der Waals surface area contributed by atoms with E-state index in [4.69, 9.17) is 4.74 Å². The average molecular weight is 425 g/mol. The van der Waals surface area contributed by atoms with Gasteiger partial charge in [0.2, 0.25) is 0 Å². The zero-order chi connectivity index (χ0) is 22.5. The topological polar surface area (TPSA) is 67.4 Å². The van der Waals surface area contributed by atoms with E-state index in [0.29, 0.717) is 22.6 Å². The van der Waals surface area contributed by atoms with Gasteiger partial charge in [-0.05, 0) is 53.6 Å². The summed E-state index contributed by atoms with van der Waals surface area (Å²) in [4.78, 5) is 25.6. The molecule has 5 nitrogen and oxygen atoms in total. The summed E-state index contributed by atoms with van der Waals surface area (Å²) in [6.45, 7) is 1.97. The lowest BCUT2D eigenvalue weighted by atomic mass is 9.99. The number of hydrogen-bond donors (Lipinski definition) is 2. The van der Waals surface area contributed by atoms with Crippen molar-refractivity contribution in [1.82, 2.24) is 5.32 Å². The summed E-state index contributed by atoms with van der Waals surface area (Å²) in [6, 6.07) is 27.9. The van der Waals surface area contributed by atoms with E-state index in [2.05, 4.69) is 28.8 Å². The van der Waals surface area contributed by atoms with Crippen LogP contribution in [0.25, 0.3) is 10.8 Å². The second-order valence-corrected chi connectivity index (χ2v) is 7.50. The van der Waals surface area contributed by atoms with E-state index in [1.807, 2.05) is 31.2 Å². The summed E-state index contributed by atoms with van der Waals surface area (Å²) in [5, 5.41) is 8.15. The number of amides is 2. The van der Waals surface area contributed by atoms with Crippen LogP contribution in [0.4, 0.5) is 5.69 Å². The summed E-state index contributed by atoms with van der Waals surface area (Å²) < 4.78 is 5.26. The van der Waals surface area contributed by atoms with Gasteiger partial charge in [-0.3, -0.25) is 9.59 Å². The van der Waals surface area contributed by atoms with Crippen molar-refractivity contribution in [2.75, 3.05) is 12.4 Å². The van der Waals surface area contributed by atoms with Crippen LogP contribution < -0.4 is 15.4 Å². The van der Waals surface area contributed by atoms with Crippen LogP contribution in [-0.2, 0) is 0 Å². The zero-order valence-electron chi connectivity index (χ0n) is 18.0. The molecule has 0 aliphatic carbocycles. The molecule has 0 saturated carbocycles. The molecule has 2 amide bonds. The highest BCUT2D eigenvalue weighted by Gasteiger charge is 2.15. The van der Waals surface area contributed by atoms with Gasteiger partial charge in [0.05, 0.1) is 18.7 Å². The number of methoxy groups -OCH3 is 1. The molecule has 0 aromatic heterocycles. The van der Waals surface area contributed by atoms with Gasteiger partial charge in [0.15, 0.2) is 0 Å². The van der Waals surface area contributed by atoms with Crippen LogP contribution >= 0.6 is 0 Å². The lowest BCUT2D eigenvalue weighted by Gasteiger charge is -2.17. The predicted molar refractivity (Wildman–Crippen MR) is 127 cm³/mol. The second kappa shape index (κ2) is 9.35. The molecule has 0 heterocycles. The first kappa shape index (κ1) is 21.1. The SMILES string of the molecule is COc1ccccc1C(=O)Nc1cccc(C(=O)N[C@H](C)c2cccc3ccccc23)c1. The van der Waals surface area contributed by atoms with E-state index in [0.717, 1.165) is 16.3 Å². The van der Waals surface area contributed by atoms with Gasteiger partial charge < -0.3 is 15.4 Å². The Bertz CT molecular complexity index is 1280. The number of rotatable bonds is 6. The Balaban J connectivity index is 1.50. The van der Waals surface area contributed by atoms with Gasteiger partial charge in [-0.2, -0.15) is 0 Å². The van der Waals surface area contributed by atoms with Crippen LogP contribution in [0.5, 0.6) is 5.75 Å². The molecule has 160 valence electrons.